The minimum absolute atomic E-state index is 0. The normalized spacial score (nSPS) is 18.5. The Balaban J connectivity index is 0.00000220. The van der Waals surface area contributed by atoms with E-state index in [1.54, 1.807) is 11.8 Å². The van der Waals surface area contributed by atoms with E-state index in [9.17, 15) is 9.59 Å². The van der Waals surface area contributed by atoms with Gasteiger partial charge in [-0.05, 0) is 25.3 Å². The first kappa shape index (κ1) is 17.5. The van der Waals surface area contributed by atoms with Crippen LogP contribution in [-0.4, -0.2) is 29.8 Å². The summed E-state index contributed by atoms with van der Waals surface area (Å²) in [4.78, 5) is 25.5. The number of amides is 2. The van der Waals surface area contributed by atoms with Crippen LogP contribution in [0.4, 0.5) is 0 Å². The molecule has 0 radical (unpaired) electrons. The van der Waals surface area contributed by atoms with Gasteiger partial charge in [0.15, 0.2) is 0 Å². The van der Waals surface area contributed by atoms with Crippen LogP contribution in [0.5, 0.6) is 0 Å². The average molecular weight is 312 g/mol. The van der Waals surface area contributed by atoms with Crippen molar-refractivity contribution in [3.63, 3.8) is 0 Å². The Morgan fingerprint density at radius 1 is 1.19 bits per heavy atom. The number of halogens is 1. The van der Waals surface area contributed by atoms with Gasteiger partial charge >= 0.3 is 0 Å². The highest BCUT2D eigenvalue weighted by molar-refractivity contribution is 5.87. The number of hydrogen-bond donors (Lipinski definition) is 2. The van der Waals surface area contributed by atoms with Crippen LogP contribution in [0.25, 0.3) is 0 Å². The summed E-state index contributed by atoms with van der Waals surface area (Å²) in [5, 5.41) is 0. The highest BCUT2D eigenvalue weighted by Gasteiger charge is 2.36. The van der Waals surface area contributed by atoms with E-state index >= 15 is 0 Å². The van der Waals surface area contributed by atoms with Crippen LogP contribution >= 0.6 is 12.4 Å². The van der Waals surface area contributed by atoms with Crippen molar-refractivity contribution in [2.45, 2.75) is 25.3 Å². The molecule has 1 aliphatic heterocycles. The number of carbonyl (C=O) groups is 2. The Morgan fingerprint density at radius 3 is 2.19 bits per heavy atom. The molecule has 1 aromatic carbocycles. The summed E-state index contributed by atoms with van der Waals surface area (Å²) in [6, 6.07) is 9.34. The summed E-state index contributed by atoms with van der Waals surface area (Å²) in [5.41, 5.74) is 11.3. The number of hydrogen-bond acceptors (Lipinski definition) is 3. The fraction of sp³-hybridized carbons (Fsp3) is 0.467. The molecule has 116 valence electrons. The van der Waals surface area contributed by atoms with Crippen molar-refractivity contribution >= 4 is 24.2 Å². The highest BCUT2D eigenvalue weighted by atomic mass is 35.5. The third-order valence-electron chi connectivity index (χ3n) is 4.00. The molecule has 21 heavy (non-hydrogen) atoms. The van der Waals surface area contributed by atoms with Gasteiger partial charge in [0.2, 0.25) is 11.8 Å². The lowest BCUT2D eigenvalue weighted by Gasteiger charge is -2.36. The number of nitrogens with zero attached hydrogens (tertiary/aromatic N) is 1. The monoisotopic (exact) mass is 311 g/mol. The van der Waals surface area contributed by atoms with Crippen LogP contribution in [0.3, 0.4) is 0 Å². The van der Waals surface area contributed by atoms with E-state index in [1.807, 2.05) is 30.3 Å². The van der Waals surface area contributed by atoms with E-state index in [4.69, 9.17) is 11.5 Å². The van der Waals surface area contributed by atoms with Gasteiger partial charge in [0.25, 0.3) is 0 Å². The number of likely N-dealkylation sites (tertiary alicyclic amines) is 1. The molecular weight excluding hydrogens is 290 g/mol. The number of primary amides is 1. The predicted molar refractivity (Wildman–Crippen MR) is 83.7 cm³/mol. The van der Waals surface area contributed by atoms with Crippen LogP contribution in [0.2, 0.25) is 0 Å². The molecule has 0 spiro atoms. The number of benzene rings is 1. The summed E-state index contributed by atoms with van der Waals surface area (Å²) >= 11 is 0. The minimum Gasteiger partial charge on any atom is -0.369 e. The molecule has 1 heterocycles. The average Bonchev–Trinajstić information content (AvgIpc) is 2.47. The van der Waals surface area contributed by atoms with E-state index in [-0.39, 0.29) is 30.1 Å². The van der Waals surface area contributed by atoms with E-state index in [1.165, 1.54) is 0 Å². The lowest BCUT2D eigenvalue weighted by Crippen LogP contribution is -2.53. The Bertz CT molecular complexity index is 497. The zero-order valence-corrected chi connectivity index (χ0v) is 12.9. The van der Waals surface area contributed by atoms with Gasteiger partial charge in [-0.2, -0.15) is 0 Å². The van der Waals surface area contributed by atoms with Crippen molar-refractivity contribution in [1.29, 1.82) is 0 Å². The summed E-state index contributed by atoms with van der Waals surface area (Å²) in [7, 11) is 0. The zero-order chi connectivity index (χ0) is 14.8. The molecule has 1 atom stereocenters. The van der Waals surface area contributed by atoms with Gasteiger partial charge < -0.3 is 16.4 Å². The van der Waals surface area contributed by atoms with E-state index in [0.29, 0.717) is 25.9 Å². The second kappa shape index (κ2) is 6.91. The predicted octanol–water partition coefficient (Wildman–Crippen LogP) is 1.01. The molecule has 2 rings (SSSR count). The Labute approximate surface area is 131 Å². The highest BCUT2D eigenvalue weighted by Crippen LogP contribution is 2.24. The molecule has 1 saturated heterocycles. The quantitative estimate of drug-likeness (QED) is 0.873. The van der Waals surface area contributed by atoms with E-state index in [2.05, 4.69) is 0 Å². The van der Waals surface area contributed by atoms with Gasteiger partial charge in [-0.1, -0.05) is 30.3 Å². The molecule has 5 nitrogen and oxygen atoms in total. The van der Waals surface area contributed by atoms with Crippen molar-refractivity contribution in [2.24, 2.45) is 17.4 Å². The lowest BCUT2D eigenvalue weighted by atomic mass is 9.89. The Kier molecular flexibility index (Phi) is 5.75. The topological polar surface area (TPSA) is 89.4 Å². The van der Waals surface area contributed by atoms with Gasteiger partial charge in [-0.15, -0.1) is 12.4 Å². The summed E-state index contributed by atoms with van der Waals surface area (Å²) in [6.07, 6.45) is 1.23. The largest absolute Gasteiger partial charge is 0.369 e. The summed E-state index contributed by atoms with van der Waals surface area (Å²) in [6.45, 7) is 2.79. The van der Waals surface area contributed by atoms with Crippen LogP contribution in [0.1, 0.15) is 25.3 Å². The molecule has 2 amide bonds. The van der Waals surface area contributed by atoms with Gasteiger partial charge in [0.1, 0.15) is 5.54 Å². The zero-order valence-electron chi connectivity index (χ0n) is 12.1. The first-order valence-corrected chi connectivity index (χ1v) is 6.86. The Hall–Kier alpha value is -1.59. The fourth-order valence-electron chi connectivity index (χ4n) is 2.60. The van der Waals surface area contributed by atoms with Gasteiger partial charge in [0.05, 0.1) is 0 Å². The van der Waals surface area contributed by atoms with Crippen molar-refractivity contribution in [1.82, 2.24) is 4.90 Å². The molecule has 0 saturated carbocycles. The number of piperidine rings is 1. The van der Waals surface area contributed by atoms with Crippen LogP contribution < -0.4 is 11.5 Å². The molecule has 1 unspecified atom stereocenters. The minimum atomic E-state index is -1.04. The van der Waals surface area contributed by atoms with Gasteiger partial charge in [-0.3, -0.25) is 9.59 Å². The number of rotatable bonds is 3. The second-order valence-corrected chi connectivity index (χ2v) is 5.54. The third-order valence-corrected chi connectivity index (χ3v) is 4.00. The van der Waals surface area contributed by atoms with Gasteiger partial charge in [0, 0.05) is 19.0 Å². The fourth-order valence-corrected chi connectivity index (χ4v) is 2.60. The molecule has 0 aromatic heterocycles. The maximum absolute atomic E-state index is 12.6. The van der Waals surface area contributed by atoms with Crippen molar-refractivity contribution in [3.8, 4) is 0 Å². The van der Waals surface area contributed by atoms with E-state index < -0.39 is 5.54 Å². The first-order valence-electron chi connectivity index (χ1n) is 6.86. The number of nitrogens with two attached hydrogens (primary N) is 2. The van der Waals surface area contributed by atoms with Crippen LogP contribution in [0.15, 0.2) is 30.3 Å². The van der Waals surface area contributed by atoms with Crippen molar-refractivity contribution in [2.75, 3.05) is 13.1 Å². The first-order chi connectivity index (χ1) is 9.43. The summed E-state index contributed by atoms with van der Waals surface area (Å²) in [5.74, 6) is -0.512. The summed E-state index contributed by atoms with van der Waals surface area (Å²) < 4.78 is 0. The third kappa shape index (κ3) is 3.74. The van der Waals surface area contributed by atoms with E-state index in [0.717, 1.165) is 5.56 Å². The van der Waals surface area contributed by atoms with Crippen molar-refractivity contribution in [3.05, 3.63) is 35.9 Å². The molecule has 6 heteroatoms. The molecule has 1 aliphatic rings. The molecule has 4 N–H and O–H groups in total. The molecule has 0 aliphatic carbocycles. The smallest absolute Gasteiger partial charge is 0.246 e. The lowest BCUT2D eigenvalue weighted by molar-refractivity contribution is -0.139. The number of carbonyl (C=O) groups excluding carboxylic acids is 2. The maximum atomic E-state index is 12.6. The second-order valence-electron chi connectivity index (χ2n) is 5.54. The molecule has 0 bridgehead atoms. The van der Waals surface area contributed by atoms with Crippen LogP contribution in [-0.2, 0) is 15.1 Å². The molecule has 1 aromatic rings. The standard InChI is InChI=1S/C15H21N3O2.ClH/c1-15(17,12-5-3-2-4-6-12)14(20)18-9-7-11(8-10-18)13(16)19;/h2-6,11H,7-10,17H2,1H3,(H2,16,19);1H. The van der Waals surface area contributed by atoms with Crippen molar-refractivity contribution < 1.29 is 9.59 Å². The SMILES string of the molecule is CC(N)(C(=O)N1CCC(C(N)=O)CC1)c1ccccc1.Cl. The Morgan fingerprint density at radius 2 is 1.71 bits per heavy atom. The maximum Gasteiger partial charge on any atom is 0.246 e. The van der Waals surface area contributed by atoms with Gasteiger partial charge in [-0.25, -0.2) is 0 Å². The molecular formula is C15H22ClN3O2. The molecule has 1 fully saturated rings. The van der Waals surface area contributed by atoms with Crippen LogP contribution in [0, 0.1) is 5.92 Å².